The van der Waals surface area contributed by atoms with Crippen LogP contribution in [-0.4, -0.2) is 34.9 Å². The number of aromatic nitrogens is 1. The van der Waals surface area contributed by atoms with Crippen molar-refractivity contribution >= 4 is 28.5 Å². The van der Waals surface area contributed by atoms with Gasteiger partial charge in [0, 0.05) is 31.0 Å². The van der Waals surface area contributed by atoms with Crippen LogP contribution in [0.15, 0.2) is 24.4 Å². The predicted molar refractivity (Wildman–Crippen MR) is 78.3 cm³/mol. The number of carbonyl (C=O) groups excluding carboxylic acids is 2. The molecule has 0 fully saturated rings. The van der Waals surface area contributed by atoms with E-state index in [1.165, 1.54) is 20.1 Å². The van der Waals surface area contributed by atoms with Gasteiger partial charge in [-0.15, -0.1) is 0 Å². The average Bonchev–Trinajstić information content (AvgIpc) is 2.88. The van der Waals surface area contributed by atoms with Gasteiger partial charge in [-0.2, -0.15) is 0 Å². The number of H-pyrrole nitrogens is 1. The molecule has 1 atom stereocenters. The highest BCUT2D eigenvalue weighted by molar-refractivity contribution is 5.91. The van der Waals surface area contributed by atoms with Gasteiger partial charge in [0.15, 0.2) is 0 Å². The number of methoxy groups -OCH3 is 1. The Hall–Kier alpha value is -2.90. The first-order chi connectivity index (χ1) is 10.4. The molecule has 0 bridgehead atoms. The molecular formula is C14H15N3O5. The van der Waals surface area contributed by atoms with Crippen LogP contribution in [0.5, 0.6) is 0 Å². The van der Waals surface area contributed by atoms with Crippen molar-refractivity contribution in [2.45, 2.75) is 19.4 Å². The summed E-state index contributed by atoms with van der Waals surface area (Å²) in [5.41, 5.74) is 1.02. The molecule has 0 aliphatic rings. The normalized spacial score (nSPS) is 11.9. The smallest absolute Gasteiger partial charge is 0.328 e. The fourth-order valence-corrected chi connectivity index (χ4v) is 2.32. The Morgan fingerprint density at radius 1 is 1.45 bits per heavy atom. The van der Waals surface area contributed by atoms with Crippen molar-refractivity contribution in [3.8, 4) is 0 Å². The summed E-state index contributed by atoms with van der Waals surface area (Å²) in [6.07, 6.45) is 1.77. The van der Waals surface area contributed by atoms with Crippen molar-refractivity contribution in [1.82, 2.24) is 10.3 Å². The molecule has 1 heterocycles. The van der Waals surface area contributed by atoms with Crippen LogP contribution < -0.4 is 5.32 Å². The number of non-ortho nitro benzene ring substituents is 1. The fraction of sp³-hybridized carbons (Fsp3) is 0.286. The van der Waals surface area contributed by atoms with Gasteiger partial charge in [-0.1, -0.05) is 12.1 Å². The summed E-state index contributed by atoms with van der Waals surface area (Å²) in [7, 11) is 1.23. The number of carbonyl (C=O) groups is 2. The minimum atomic E-state index is -0.847. The Labute approximate surface area is 125 Å². The molecule has 1 aromatic carbocycles. The number of ether oxygens (including phenoxy) is 1. The third kappa shape index (κ3) is 3.05. The van der Waals surface area contributed by atoms with Crippen LogP contribution in [0.4, 0.5) is 5.69 Å². The first-order valence-corrected chi connectivity index (χ1v) is 6.52. The van der Waals surface area contributed by atoms with Gasteiger partial charge >= 0.3 is 5.97 Å². The average molecular weight is 305 g/mol. The molecule has 1 aromatic heterocycles. The topological polar surface area (TPSA) is 114 Å². The lowest BCUT2D eigenvalue weighted by Crippen LogP contribution is -2.41. The second-order valence-electron chi connectivity index (χ2n) is 4.75. The number of nitrogens with one attached hydrogen (secondary N) is 2. The van der Waals surface area contributed by atoms with Crippen molar-refractivity contribution in [1.29, 1.82) is 0 Å². The van der Waals surface area contributed by atoms with Crippen LogP contribution in [0.2, 0.25) is 0 Å². The second-order valence-corrected chi connectivity index (χ2v) is 4.75. The van der Waals surface area contributed by atoms with E-state index >= 15 is 0 Å². The molecule has 0 saturated carbocycles. The summed E-state index contributed by atoms with van der Waals surface area (Å²) in [4.78, 5) is 36.3. The summed E-state index contributed by atoms with van der Waals surface area (Å²) in [6, 6.07) is 3.84. The van der Waals surface area contributed by atoms with E-state index in [1.807, 2.05) is 0 Å². The molecule has 2 rings (SSSR count). The molecule has 0 aliphatic carbocycles. The SMILES string of the molecule is COC(=O)C(Cc1c[nH]c2c([N+](=O)[O-])cccc12)NC(C)=O. The van der Waals surface area contributed by atoms with Crippen molar-refractivity contribution in [3.05, 3.63) is 40.1 Å². The first kappa shape index (κ1) is 15.5. The number of amides is 1. The summed E-state index contributed by atoms with van der Waals surface area (Å²) >= 11 is 0. The van der Waals surface area contributed by atoms with E-state index in [0.29, 0.717) is 16.5 Å². The number of nitro groups is 1. The van der Waals surface area contributed by atoms with Gasteiger partial charge in [-0.25, -0.2) is 4.79 Å². The number of hydrogen-bond acceptors (Lipinski definition) is 5. The molecule has 1 unspecified atom stereocenters. The number of hydrogen-bond donors (Lipinski definition) is 2. The summed E-state index contributed by atoms with van der Waals surface area (Å²) in [6.45, 7) is 1.30. The monoisotopic (exact) mass is 305 g/mol. The van der Waals surface area contributed by atoms with Crippen LogP contribution in [-0.2, 0) is 20.7 Å². The first-order valence-electron chi connectivity index (χ1n) is 6.52. The molecule has 2 aromatic rings. The second kappa shape index (κ2) is 6.25. The van der Waals surface area contributed by atoms with Gasteiger partial charge in [-0.3, -0.25) is 14.9 Å². The predicted octanol–water partition coefficient (Wildman–Crippen LogP) is 1.30. The van der Waals surface area contributed by atoms with E-state index in [0.717, 1.165) is 0 Å². The minimum Gasteiger partial charge on any atom is -0.467 e. The van der Waals surface area contributed by atoms with Gasteiger partial charge in [0.2, 0.25) is 5.91 Å². The van der Waals surface area contributed by atoms with Gasteiger partial charge < -0.3 is 15.0 Å². The van der Waals surface area contributed by atoms with E-state index in [2.05, 4.69) is 15.0 Å². The zero-order valence-corrected chi connectivity index (χ0v) is 12.1. The molecular weight excluding hydrogens is 290 g/mol. The number of rotatable bonds is 5. The molecule has 8 heteroatoms. The number of nitro benzene ring substituents is 1. The molecule has 0 aliphatic heterocycles. The quantitative estimate of drug-likeness (QED) is 0.491. The highest BCUT2D eigenvalue weighted by Gasteiger charge is 2.23. The Kier molecular flexibility index (Phi) is 4.40. The third-order valence-electron chi connectivity index (χ3n) is 3.26. The van der Waals surface area contributed by atoms with Crippen molar-refractivity contribution in [2.75, 3.05) is 7.11 Å². The fourth-order valence-electron chi connectivity index (χ4n) is 2.32. The molecule has 22 heavy (non-hydrogen) atoms. The van der Waals surface area contributed by atoms with Crippen LogP contribution in [0.25, 0.3) is 10.9 Å². The van der Waals surface area contributed by atoms with Crippen LogP contribution in [0.3, 0.4) is 0 Å². The van der Waals surface area contributed by atoms with Crippen molar-refractivity contribution < 1.29 is 19.2 Å². The third-order valence-corrected chi connectivity index (χ3v) is 3.26. The minimum absolute atomic E-state index is 0.0436. The van der Waals surface area contributed by atoms with Gasteiger partial charge in [0.1, 0.15) is 11.6 Å². The van der Waals surface area contributed by atoms with Crippen LogP contribution in [0.1, 0.15) is 12.5 Å². The Bertz CT molecular complexity index is 737. The summed E-state index contributed by atoms with van der Waals surface area (Å²) in [5.74, 6) is -0.934. The highest BCUT2D eigenvalue weighted by atomic mass is 16.6. The van der Waals surface area contributed by atoms with Gasteiger partial charge in [0.05, 0.1) is 12.0 Å². The van der Waals surface area contributed by atoms with E-state index in [4.69, 9.17) is 0 Å². The number of fused-ring (bicyclic) bond motifs is 1. The number of aromatic amines is 1. The zero-order chi connectivity index (χ0) is 16.3. The number of nitrogens with zero attached hydrogens (tertiary/aromatic N) is 1. The Morgan fingerprint density at radius 3 is 2.77 bits per heavy atom. The molecule has 8 nitrogen and oxygen atoms in total. The lowest BCUT2D eigenvalue weighted by atomic mass is 10.0. The Balaban J connectivity index is 2.38. The summed E-state index contributed by atoms with van der Waals surface area (Å²) < 4.78 is 4.66. The Morgan fingerprint density at radius 2 is 2.18 bits per heavy atom. The number of esters is 1. The van der Waals surface area contributed by atoms with E-state index < -0.39 is 16.9 Å². The largest absolute Gasteiger partial charge is 0.467 e. The molecule has 0 radical (unpaired) electrons. The molecule has 1 amide bonds. The molecule has 116 valence electrons. The van der Waals surface area contributed by atoms with Crippen LogP contribution in [0, 0.1) is 10.1 Å². The lowest BCUT2D eigenvalue weighted by Gasteiger charge is -2.14. The number of benzene rings is 1. The maximum atomic E-state index is 11.7. The standard InChI is InChI=1S/C14H15N3O5/c1-8(18)16-11(14(19)22-2)6-9-7-15-13-10(9)4-3-5-12(13)17(20)21/h3-5,7,11,15H,6H2,1-2H3,(H,16,18). The zero-order valence-electron chi connectivity index (χ0n) is 12.1. The molecule has 0 saturated heterocycles. The van der Waals surface area contributed by atoms with E-state index in [9.17, 15) is 19.7 Å². The highest BCUT2D eigenvalue weighted by Crippen LogP contribution is 2.27. The van der Waals surface area contributed by atoms with E-state index in [-0.39, 0.29) is 18.0 Å². The number of para-hydroxylation sites is 1. The van der Waals surface area contributed by atoms with Crippen molar-refractivity contribution in [3.63, 3.8) is 0 Å². The summed E-state index contributed by atoms with van der Waals surface area (Å²) in [5, 5.41) is 14.1. The van der Waals surface area contributed by atoms with Crippen molar-refractivity contribution in [2.24, 2.45) is 0 Å². The lowest BCUT2D eigenvalue weighted by molar-refractivity contribution is -0.383. The van der Waals surface area contributed by atoms with E-state index in [1.54, 1.807) is 18.3 Å². The maximum Gasteiger partial charge on any atom is 0.328 e. The van der Waals surface area contributed by atoms with Crippen LogP contribution >= 0.6 is 0 Å². The molecule has 0 spiro atoms. The maximum absolute atomic E-state index is 11.7. The molecule has 2 N–H and O–H groups in total. The van der Waals surface area contributed by atoms with Gasteiger partial charge in [0.25, 0.3) is 5.69 Å². The van der Waals surface area contributed by atoms with Gasteiger partial charge in [-0.05, 0) is 5.56 Å².